The summed E-state index contributed by atoms with van der Waals surface area (Å²) in [5.74, 6) is 0.622. The number of anilines is 2. The molecular weight excluding hydrogens is 518 g/mol. The van der Waals surface area contributed by atoms with Crippen molar-refractivity contribution >= 4 is 41.1 Å². The van der Waals surface area contributed by atoms with E-state index in [1.807, 2.05) is 47.4 Å². The number of benzene rings is 3. The predicted octanol–water partition coefficient (Wildman–Crippen LogP) is 5.67. The van der Waals surface area contributed by atoms with E-state index in [9.17, 15) is 4.79 Å². The lowest BCUT2D eigenvalue weighted by molar-refractivity contribution is -0.123. The molecule has 0 saturated heterocycles. The molecule has 1 fully saturated rings. The van der Waals surface area contributed by atoms with Crippen LogP contribution < -0.4 is 15.0 Å². The van der Waals surface area contributed by atoms with E-state index in [1.165, 1.54) is 5.56 Å². The molecule has 1 aliphatic heterocycles. The molecule has 39 heavy (non-hydrogen) atoms. The van der Waals surface area contributed by atoms with Crippen molar-refractivity contribution in [2.24, 2.45) is 0 Å². The van der Waals surface area contributed by atoms with Gasteiger partial charge in [0, 0.05) is 52.3 Å². The van der Waals surface area contributed by atoms with E-state index in [2.05, 4.69) is 17.4 Å². The molecule has 1 atom stereocenters. The third kappa shape index (κ3) is 6.96. The number of amides is 1. The second-order valence-electron chi connectivity index (χ2n) is 9.35. The summed E-state index contributed by atoms with van der Waals surface area (Å²) >= 11 is 6.14. The summed E-state index contributed by atoms with van der Waals surface area (Å²) in [5, 5.41) is 26.6. The second kappa shape index (κ2) is 13.3. The van der Waals surface area contributed by atoms with Crippen molar-refractivity contribution in [1.82, 2.24) is 0 Å². The van der Waals surface area contributed by atoms with Crippen molar-refractivity contribution in [1.29, 1.82) is 5.41 Å². The van der Waals surface area contributed by atoms with E-state index in [1.54, 1.807) is 33.1 Å². The maximum atomic E-state index is 14.0. The molecule has 3 aromatic carbocycles. The number of carbonyl (C=O) groups is 2. The van der Waals surface area contributed by atoms with Crippen molar-refractivity contribution in [3.05, 3.63) is 88.4 Å². The first-order valence-corrected chi connectivity index (χ1v) is 13.0. The van der Waals surface area contributed by atoms with Crippen LogP contribution in [-0.2, 0) is 15.0 Å². The molecule has 2 aliphatic rings. The number of carboxylic acid groups (broad SMARTS) is 1. The van der Waals surface area contributed by atoms with Crippen LogP contribution in [0.1, 0.15) is 49.4 Å². The van der Waals surface area contributed by atoms with Crippen LogP contribution in [0.2, 0.25) is 5.02 Å². The highest BCUT2D eigenvalue weighted by Gasteiger charge is 2.53. The zero-order valence-corrected chi connectivity index (χ0v) is 23.0. The number of carbonyl (C=O) groups excluding carboxylic acids is 1. The van der Waals surface area contributed by atoms with Crippen LogP contribution in [0.15, 0.2) is 66.7 Å². The number of hydrogen-bond acceptors (Lipinski definition) is 6. The minimum Gasteiger partial charge on any atom is -0.497 e. The number of rotatable bonds is 6. The van der Waals surface area contributed by atoms with Crippen LogP contribution in [0.3, 0.4) is 0 Å². The van der Waals surface area contributed by atoms with Crippen molar-refractivity contribution in [3.8, 4) is 5.75 Å². The van der Waals surface area contributed by atoms with E-state index in [4.69, 9.17) is 36.8 Å². The Morgan fingerprint density at radius 2 is 1.79 bits per heavy atom. The summed E-state index contributed by atoms with van der Waals surface area (Å²) in [7, 11) is 1.60. The van der Waals surface area contributed by atoms with Gasteiger partial charge in [0.25, 0.3) is 12.4 Å². The molecule has 1 amide bonds. The topological polar surface area (TPSA) is 123 Å². The maximum Gasteiger partial charge on any atom is 0.290 e. The molecular formula is C30H34ClN3O5. The number of nitrogens with zero attached hydrogens (tertiary/aromatic N) is 1. The molecule has 0 aromatic heterocycles. The Bertz CT molecular complexity index is 1310. The Balaban J connectivity index is 0.000000643. The van der Waals surface area contributed by atoms with E-state index in [-0.39, 0.29) is 24.4 Å². The van der Waals surface area contributed by atoms with Gasteiger partial charge in [0.2, 0.25) is 0 Å². The number of fused-ring (bicyclic) bond motifs is 2. The first kappa shape index (κ1) is 29.7. The Kier molecular flexibility index (Phi) is 10.1. The Morgan fingerprint density at radius 1 is 1.18 bits per heavy atom. The molecule has 3 aromatic rings. The molecule has 1 saturated carbocycles. The summed E-state index contributed by atoms with van der Waals surface area (Å²) in [6.45, 7) is 4.12. The number of aliphatic hydroxyl groups is 1. The van der Waals surface area contributed by atoms with Gasteiger partial charge in [-0.2, -0.15) is 0 Å². The van der Waals surface area contributed by atoms with Gasteiger partial charge in [-0.3, -0.25) is 9.59 Å². The molecule has 8 nitrogen and oxygen atoms in total. The zero-order chi connectivity index (χ0) is 28.6. The van der Waals surface area contributed by atoms with Crippen LogP contribution in [0.25, 0.3) is 0 Å². The SMILES string of the molecule is CCO.COc1cc(NC(C(=O)N2CC3(CC3)c3ccccc32)c2ccc(Cl)cc2)cc(C(C)=N)c1.O=CO. The molecule has 206 valence electrons. The fourth-order valence-electron chi connectivity index (χ4n) is 4.69. The van der Waals surface area contributed by atoms with Gasteiger partial charge in [0.15, 0.2) is 0 Å². The predicted molar refractivity (Wildman–Crippen MR) is 154 cm³/mol. The Morgan fingerprint density at radius 3 is 2.36 bits per heavy atom. The molecule has 5 rings (SSSR count). The number of nitrogens with one attached hydrogen (secondary N) is 2. The van der Waals surface area contributed by atoms with Gasteiger partial charge in [0.1, 0.15) is 11.8 Å². The highest BCUT2D eigenvalue weighted by atomic mass is 35.5. The standard InChI is InChI=1S/C27H26ClN3O2.C2H6O.CH2O2/c1-17(29)19-13-21(15-22(14-19)33-2)30-25(18-7-9-20(28)10-8-18)26(32)31-16-27(11-12-27)23-5-3-4-6-24(23)31;1-2-3;2-1-3/h3-10,13-15,25,29-30H,11-12,16H2,1-2H3;3H,2H2,1H3;1H,(H,2,3). The van der Waals surface area contributed by atoms with Gasteiger partial charge in [-0.25, -0.2) is 0 Å². The summed E-state index contributed by atoms with van der Waals surface area (Å²) < 4.78 is 5.44. The molecule has 1 aliphatic carbocycles. The first-order valence-electron chi connectivity index (χ1n) is 12.6. The molecule has 0 bridgehead atoms. The minimum absolute atomic E-state index is 0.00973. The van der Waals surface area contributed by atoms with Crippen LogP contribution in [0.4, 0.5) is 11.4 Å². The average molecular weight is 552 g/mol. The fourth-order valence-corrected chi connectivity index (χ4v) is 4.81. The third-order valence-electron chi connectivity index (χ3n) is 6.68. The molecule has 1 unspecified atom stereocenters. The lowest BCUT2D eigenvalue weighted by Gasteiger charge is -2.27. The lowest BCUT2D eigenvalue weighted by atomic mass is 9.99. The van der Waals surface area contributed by atoms with Crippen LogP contribution >= 0.6 is 11.6 Å². The minimum atomic E-state index is -0.616. The van der Waals surface area contributed by atoms with Crippen molar-refractivity contribution < 1.29 is 24.5 Å². The average Bonchev–Trinajstić information content (AvgIpc) is 3.64. The zero-order valence-electron chi connectivity index (χ0n) is 22.3. The number of hydrogen-bond donors (Lipinski definition) is 4. The quantitative estimate of drug-likeness (QED) is 0.231. The smallest absolute Gasteiger partial charge is 0.290 e. The normalized spacial score (nSPS) is 14.5. The second-order valence-corrected chi connectivity index (χ2v) is 9.78. The maximum absolute atomic E-state index is 14.0. The third-order valence-corrected chi connectivity index (χ3v) is 6.94. The monoisotopic (exact) mass is 551 g/mol. The number of methoxy groups -OCH3 is 1. The van der Waals surface area contributed by atoms with Crippen molar-refractivity contribution in [2.75, 3.05) is 30.5 Å². The van der Waals surface area contributed by atoms with E-state index in [0.29, 0.717) is 23.0 Å². The van der Waals surface area contributed by atoms with Gasteiger partial charge in [-0.1, -0.05) is 41.9 Å². The molecule has 1 heterocycles. The van der Waals surface area contributed by atoms with E-state index >= 15 is 0 Å². The van der Waals surface area contributed by atoms with Gasteiger partial charge in [0.05, 0.1) is 7.11 Å². The Hall–Kier alpha value is -3.88. The molecule has 4 N–H and O–H groups in total. The number of halogens is 1. The summed E-state index contributed by atoms with van der Waals surface area (Å²) in [5.41, 5.74) is 5.10. The van der Waals surface area contributed by atoms with Gasteiger partial charge >= 0.3 is 0 Å². The van der Waals surface area contributed by atoms with Crippen LogP contribution in [0, 0.1) is 5.41 Å². The van der Waals surface area contributed by atoms with E-state index < -0.39 is 6.04 Å². The molecule has 1 spiro atoms. The van der Waals surface area contributed by atoms with Gasteiger partial charge in [-0.05, 0) is 68.1 Å². The highest BCUT2D eigenvalue weighted by Crippen LogP contribution is 2.56. The van der Waals surface area contributed by atoms with Crippen LogP contribution in [0.5, 0.6) is 5.75 Å². The van der Waals surface area contributed by atoms with Gasteiger partial charge in [-0.15, -0.1) is 0 Å². The number of aliphatic hydroxyl groups excluding tert-OH is 1. The number of ether oxygens (including phenoxy) is 1. The fraction of sp³-hybridized carbons (Fsp3) is 0.300. The molecule has 0 radical (unpaired) electrons. The van der Waals surface area contributed by atoms with Gasteiger partial charge < -0.3 is 30.6 Å². The van der Waals surface area contributed by atoms with E-state index in [0.717, 1.165) is 35.3 Å². The Labute approximate surface area is 233 Å². The summed E-state index contributed by atoms with van der Waals surface area (Å²) in [6, 6.07) is 20.6. The first-order chi connectivity index (χ1) is 18.7. The van der Waals surface area contributed by atoms with Crippen molar-refractivity contribution in [3.63, 3.8) is 0 Å². The summed E-state index contributed by atoms with van der Waals surface area (Å²) in [6.07, 6.45) is 2.23. The van der Waals surface area contributed by atoms with Crippen molar-refractivity contribution in [2.45, 2.75) is 38.1 Å². The highest BCUT2D eigenvalue weighted by molar-refractivity contribution is 6.30. The number of para-hydroxylation sites is 1. The molecule has 9 heteroatoms. The largest absolute Gasteiger partial charge is 0.497 e. The van der Waals surface area contributed by atoms with Crippen LogP contribution in [-0.4, -0.2) is 48.6 Å². The lowest BCUT2D eigenvalue weighted by Crippen LogP contribution is -2.38. The summed E-state index contributed by atoms with van der Waals surface area (Å²) in [4.78, 5) is 24.3.